The molecular weight excluding hydrogens is 266 g/mol. The molecule has 0 aliphatic carbocycles. The van der Waals surface area contributed by atoms with Crippen LogP contribution in [0.25, 0.3) is 0 Å². The Morgan fingerprint density at radius 3 is 3.21 bits per heavy atom. The number of carbonyl (C=O) groups excluding carboxylic acids is 1. The van der Waals surface area contributed by atoms with Crippen LogP contribution in [0.1, 0.15) is 17.4 Å². The van der Waals surface area contributed by atoms with Gasteiger partial charge in [0, 0.05) is 18.0 Å². The summed E-state index contributed by atoms with van der Waals surface area (Å²) in [4.78, 5) is 13.0. The number of carbonyl (C=O) groups is 1. The first kappa shape index (κ1) is 14.5. The van der Waals surface area contributed by atoms with Crippen molar-refractivity contribution < 1.29 is 19.4 Å². The Hall–Kier alpha value is -0.950. The third kappa shape index (κ3) is 4.28. The highest BCUT2D eigenvalue weighted by atomic mass is 32.1. The Morgan fingerprint density at radius 2 is 2.58 bits per heavy atom. The lowest BCUT2D eigenvalue weighted by Gasteiger charge is -2.18. The largest absolute Gasteiger partial charge is 0.394 e. The SMILES string of the molecule is O=C(NC[C@H](OCCO)c1cccs1)[C@H]1CCOC1. The van der Waals surface area contributed by atoms with Crippen molar-refractivity contribution in [1.29, 1.82) is 0 Å². The van der Waals surface area contributed by atoms with E-state index in [2.05, 4.69) is 5.32 Å². The molecule has 5 nitrogen and oxygen atoms in total. The number of rotatable bonds is 7. The highest BCUT2D eigenvalue weighted by Gasteiger charge is 2.24. The molecule has 19 heavy (non-hydrogen) atoms. The van der Waals surface area contributed by atoms with Gasteiger partial charge in [-0.15, -0.1) is 11.3 Å². The second-order valence-electron chi connectivity index (χ2n) is 4.40. The first-order valence-electron chi connectivity index (χ1n) is 6.42. The van der Waals surface area contributed by atoms with E-state index in [1.807, 2.05) is 17.5 Å². The van der Waals surface area contributed by atoms with Crippen LogP contribution in [0.2, 0.25) is 0 Å². The van der Waals surface area contributed by atoms with Crippen LogP contribution in [0.15, 0.2) is 17.5 Å². The lowest BCUT2D eigenvalue weighted by Crippen LogP contribution is -2.34. The van der Waals surface area contributed by atoms with Crippen molar-refractivity contribution in [3.05, 3.63) is 22.4 Å². The molecule has 2 atom stereocenters. The Morgan fingerprint density at radius 1 is 1.68 bits per heavy atom. The van der Waals surface area contributed by atoms with E-state index in [-0.39, 0.29) is 31.1 Å². The van der Waals surface area contributed by atoms with Gasteiger partial charge in [0.1, 0.15) is 6.10 Å². The highest BCUT2D eigenvalue weighted by Crippen LogP contribution is 2.22. The summed E-state index contributed by atoms with van der Waals surface area (Å²) in [6.07, 6.45) is 0.589. The van der Waals surface area contributed by atoms with Crippen LogP contribution >= 0.6 is 11.3 Å². The van der Waals surface area contributed by atoms with E-state index in [1.165, 1.54) is 0 Å². The standard InChI is InChI=1S/C13H19NO4S/c15-4-6-18-11(12-2-1-7-19-12)8-14-13(16)10-3-5-17-9-10/h1-2,7,10-11,15H,3-6,8-9H2,(H,14,16)/t10-,11-/m0/s1. The molecule has 106 valence electrons. The van der Waals surface area contributed by atoms with Gasteiger partial charge in [-0.1, -0.05) is 6.07 Å². The number of hydrogen-bond donors (Lipinski definition) is 2. The molecule has 0 unspecified atom stereocenters. The molecule has 1 aromatic rings. The Bertz CT molecular complexity index is 376. The summed E-state index contributed by atoms with van der Waals surface area (Å²) in [6.45, 7) is 1.84. The van der Waals surface area contributed by atoms with Crippen LogP contribution in [0.4, 0.5) is 0 Å². The minimum atomic E-state index is -0.196. The van der Waals surface area contributed by atoms with E-state index in [9.17, 15) is 4.79 Å². The number of thiophene rings is 1. The van der Waals surface area contributed by atoms with Gasteiger partial charge in [0.25, 0.3) is 0 Å². The van der Waals surface area contributed by atoms with E-state index < -0.39 is 0 Å². The van der Waals surface area contributed by atoms with Crippen molar-refractivity contribution in [2.45, 2.75) is 12.5 Å². The molecule has 1 aliphatic heterocycles. The van der Waals surface area contributed by atoms with Gasteiger partial charge in [0.05, 0.1) is 25.7 Å². The summed E-state index contributed by atoms with van der Waals surface area (Å²) >= 11 is 1.58. The van der Waals surface area contributed by atoms with Crippen LogP contribution in [-0.4, -0.2) is 44.0 Å². The normalized spacial score (nSPS) is 20.4. The third-order valence-corrected chi connectivity index (χ3v) is 4.00. The maximum atomic E-state index is 11.9. The maximum Gasteiger partial charge on any atom is 0.225 e. The van der Waals surface area contributed by atoms with Gasteiger partial charge in [0.2, 0.25) is 5.91 Å². The number of amides is 1. The van der Waals surface area contributed by atoms with Gasteiger partial charge in [-0.3, -0.25) is 4.79 Å². The third-order valence-electron chi connectivity index (χ3n) is 3.03. The summed E-state index contributed by atoms with van der Waals surface area (Å²) < 4.78 is 10.8. The number of aliphatic hydroxyl groups is 1. The maximum absolute atomic E-state index is 11.9. The second kappa shape index (κ2) is 7.59. The average Bonchev–Trinajstić information content (AvgIpc) is 3.11. The van der Waals surface area contributed by atoms with Crippen LogP contribution in [0, 0.1) is 5.92 Å². The lowest BCUT2D eigenvalue weighted by molar-refractivity contribution is -0.125. The monoisotopic (exact) mass is 285 g/mol. The predicted octanol–water partition coefficient (Wildman–Crippen LogP) is 0.951. The Kier molecular flexibility index (Phi) is 5.78. The van der Waals surface area contributed by atoms with E-state index in [0.717, 1.165) is 11.3 Å². The van der Waals surface area contributed by atoms with Crippen molar-refractivity contribution in [2.75, 3.05) is 33.0 Å². The van der Waals surface area contributed by atoms with Gasteiger partial charge in [-0.2, -0.15) is 0 Å². The summed E-state index contributed by atoms with van der Waals surface area (Å²) in [7, 11) is 0. The van der Waals surface area contributed by atoms with Gasteiger partial charge in [-0.05, 0) is 17.9 Å². The Labute approximate surface area is 116 Å². The smallest absolute Gasteiger partial charge is 0.225 e. The van der Waals surface area contributed by atoms with E-state index in [4.69, 9.17) is 14.6 Å². The van der Waals surface area contributed by atoms with Crippen molar-refractivity contribution >= 4 is 17.2 Å². The van der Waals surface area contributed by atoms with Crippen LogP contribution < -0.4 is 5.32 Å². The summed E-state index contributed by atoms with van der Waals surface area (Å²) in [5.74, 6) is -0.0199. The van der Waals surface area contributed by atoms with Gasteiger partial charge < -0.3 is 19.9 Å². The molecule has 0 saturated carbocycles. The number of aliphatic hydroxyl groups excluding tert-OH is 1. The molecule has 6 heteroatoms. The molecular formula is C13H19NO4S. The minimum Gasteiger partial charge on any atom is -0.394 e. The summed E-state index contributed by atoms with van der Waals surface area (Å²) in [5.41, 5.74) is 0. The fraction of sp³-hybridized carbons (Fsp3) is 0.615. The molecule has 2 heterocycles. The molecule has 0 bridgehead atoms. The van der Waals surface area contributed by atoms with E-state index in [1.54, 1.807) is 11.3 Å². The molecule has 0 radical (unpaired) electrons. The number of hydrogen-bond acceptors (Lipinski definition) is 5. The quantitative estimate of drug-likeness (QED) is 0.783. The predicted molar refractivity (Wildman–Crippen MR) is 72.0 cm³/mol. The van der Waals surface area contributed by atoms with Crippen molar-refractivity contribution in [3.8, 4) is 0 Å². The molecule has 2 rings (SSSR count). The molecule has 1 fully saturated rings. The fourth-order valence-corrected chi connectivity index (χ4v) is 2.76. The number of nitrogens with one attached hydrogen (secondary N) is 1. The van der Waals surface area contributed by atoms with Crippen molar-refractivity contribution in [2.24, 2.45) is 5.92 Å². The van der Waals surface area contributed by atoms with Crippen LogP contribution in [0.5, 0.6) is 0 Å². The molecule has 1 amide bonds. The first-order chi connectivity index (χ1) is 9.31. The van der Waals surface area contributed by atoms with Crippen molar-refractivity contribution in [3.63, 3.8) is 0 Å². The lowest BCUT2D eigenvalue weighted by atomic mass is 10.1. The molecule has 2 N–H and O–H groups in total. The molecule has 1 aliphatic rings. The highest BCUT2D eigenvalue weighted by molar-refractivity contribution is 7.10. The van der Waals surface area contributed by atoms with E-state index >= 15 is 0 Å². The van der Waals surface area contributed by atoms with Crippen LogP contribution in [0.3, 0.4) is 0 Å². The van der Waals surface area contributed by atoms with Gasteiger partial charge in [0.15, 0.2) is 0 Å². The summed E-state index contributed by atoms with van der Waals surface area (Å²) in [5, 5.41) is 13.7. The van der Waals surface area contributed by atoms with Gasteiger partial charge in [-0.25, -0.2) is 0 Å². The Balaban J connectivity index is 1.83. The molecule has 1 aromatic heterocycles. The average molecular weight is 285 g/mol. The van der Waals surface area contributed by atoms with Gasteiger partial charge >= 0.3 is 0 Å². The summed E-state index contributed by atoms with van der Waals surface area (Å²) in [6, 6.07) is 3.92. The molecule has 0 spiro atoms. The first-order valence-corrected chi connectivity index (χ1v) is 7.30. The van der Waals surface area contributed by atoms with E-state index in [0.29, 0.717) is 19.8 Å². The molecule has 0 aromatic carbocycles. The molecule has 1 saturated heterocycles. The van der Waals surface area contributed by atoms with Crippen molar-refractivity contribution in [1.82, 2.24) is 5.32 Å². The topological polar surface area (TPSA) is 67.8 Å². The second-order valence-corrected chi connectivity index (χ2v) is 5.38. The zero-order valence-electron chi connectivity index (χ0n) is 10.7. The van der Waals surface area contributed by atoms with Crippen LogP contribution in [-0.2, 0) is 14.3 Å². The zero-order valence-corrected chi connectivity index (χ0v) is 11.5. The fourth-order valence-electron chi connectivity index (χ4n) is 1.99. The minimum absolute atomic E-state index is 0.0201. The number of ether oxygens (including phenoxy) is 2. The zero-order chi connectivity index (χ0) is 13.5.